The second-order valence-corrected chi connectivity index (χ2v) is 5.73. The van der Waals surface area contributed by atoms with Crippen LogP contribution in [-0.4, -0.2) is 60.6 Å². The Morgan fingerprint density at radius 3 is 2.21 bits per heavy atom. The van der Waals surface area contributed by atoms with E-state index in [9.17, 15) is 22.8 Å². The Labute approximate surface area is 138 Å². The standard InChI is InChI=1S/C16H19F3N2O3/c1-11-3-4-13(12(2)9-11)24-10-14(22)20-5-7-21(8-6-20)15(23)16(17,18)19/h3-4,9H,5-8,10H2,1-2H3. The number of hydrogen-bond acceptors (Lipinski definition) is 3. The number of piperazine rings is 1. The summed E-state index contributed by atoms with van der Waals surface area (Å²) in [5.74, 6) is -1.57. The average Bonchev–Trinajstić information content (AvgIpc) is 2.52. The van der Waals surface area contributed by atoms with Gasteiger partial charge in [0.05, 0.1) is 0 Å². The van der Waals surface area contributed by atoms with Crippen LogP contribution in [0.5, 0.6) is 5.75 Å². The molecule has 1 aromatic carbocycles. The quantitative estimate of drug-likeness (QED) is 0.842. The summed E-state index contributed by atoms with van der Waals surface area (Å²) in [5, 5.41) is 0. The number of aryl methyl sites for hydroxylation is 2. The predicted molar refractivity (Wildman–Crippen MR) is 80.6 cm³/mol. The van der Waals surface area contributed by atoms with E-state index in [0.29, 0.717) is 5.75 Å². The average molecular weight is 344 g/mol. The summed E-state index contributed by atoms with van der Waals surface area (Å²) >= 11 is 0. The Balaban J connectivity index is 1.84. The van der Waals surface area contributed by atoms with E-state index in [2.05, 4.69) is 0 Å². The molecule has 1 heterocycles. The lowest BCUT2D eigenvalue weighted by molar-refractivity contribution is -0.187. The van der Waals surface area contributed by atoms with E-state index in [0.717, 1.165) is 16.0 Å². The molecule has 0 atom stereocenters. The second-order valence-electron chi connectivity index (χ2n) is 5.73. The lowest BCUT2D eigenvalue weighted by Crippen LogP contribution is -2.54. The topological polar surface area (TPSA) is 49.9 Å². The second kappa shape index (κ2) is 7.11. The van der Waals surface area contributed by atoms with Gasteiger partial charge in [-0.3, -0.25) is 9.59 Å². The molecule has 1 saturated heterocycles. The Morgan fingerprint density at radius 2 is 1.67 bits per heavy atom. The van der Waals surface area contributed by atoms with Crippen LogP contribution in [0.2, 0.25) is 0 Å². The molecule has 0 radical (unpaired) electrons. The highest BCUT2D eigenvalue weighted by Crippen LogP contribution is 2.20. The maximum Gasteiger partial charge on any atom is 0.471 e. The Kier molecular flexibility index (Phi) is 5.36. The molecule has 0 spiro atoms. The molecule has 2 rings (SSSR count). The molecule has 0 bridgehead atoms. The van der Waals surface area contributed by atoms with Gasteiger partial charge in [-0.2, -0.15) is 13.2 Å². The van der Waals surface area contributed by atoms with E-state index >= 15 is 0 Å². The van der Waals surface area contributed by atoms with Crippen molar-refractivity contribution < 1.29 is 27.5 Å². The van der Waals surface area contributed by atoms with Gasteiger partial charge in [0, 0.05) is 26.2 Å². The van der Waals surface area contributed by atoms with E-state index in [1.807, 2.05) is 26.0 Å². The van der Waals surface area contributed by atoms with Gasteiger partial charge in [0.1, 0.15) is 5.75 Å². The van der Waals surface area contributed by atoms with E-state index < -0.39 is 12.1 Å². The summed E-state index contributed by atoms with van der Waals surface area (Å²) < 4.78 is 42.6. The number of hydrogen-bond donors (Lipinski definition) is 0. The van der Waals surface area contributed by atoms with E-state index in [4.69, 9.17) is 4.74 Å². The van der Waals surface area contributed by atoms with Crippen molar-refractivity contribution in [3.05, 3.63) is 29.3 Å². The highest BCUT2D eigenvalue weighted by Gasteiger charge is 2.43. The van der Waals surface area contributed by atoms with Crippen LogP contribution < -0.4 is 4.74 Å². The summed E-state index contributed by atoms with van der Waals surface area (Å²) in [4.78, 5) is 25.4. The molecule has 24 heavy (non-hydrogen) atoms. The first-order valence-electron chi connectivity index (χ1n) is 7.52. The zero-order valence-corrected chi connectivity index (χ0v) is 13.5. The van der Waals surface area contributed by atoms with Gasteiger partial charge in [-0.15, -0.1) is 0 Å². The van der Waals surface area contributed by atoms with Gasteiger partial charge < -0.3 is 14.5 Å². The molecule has 0 aromatic heterocycles. The molecule has 1 fully saturated rings. The molecule has 5 nitrogen and oxygen atoms in total. The zero-order chi connectivity index (χ0) is 17.9. The summed E-state index contributed by atoms with van der Waals surface area (Å²) in [5.41, 5.74) is 1.99. The number of carbonyl (C=O) groups excluding carboxylic acids is 2. The highest BCUT2D eigenvalue weighted by atomic mass is 19.4. The van der Waals surface area contributed by atoms with Gasteiger partial charge in [0.25, 0.3) is 5.91 Å². The molecule has 132 valence electrons. The monoisotopic (exact) mass is 344 g/mol. The Morgan fingerprint density at radius 1 is 1.08 bits per heavy atom. The van der Waals surface area contributed by atoms with Gasteiger partial charge in [0.2, 0.25) is 0 Å². The van der Waals surface area contributed by atoms with Crippen molar-refractivity contribution in [2.45, 2.75) is 20.0 Å². The van der Waals surface area contributed by atoms with E-state index in [-0.39, 0.29) is 38.7 Å². The Bertz CT molecular complexity index is 623. The predicted octanol–water partition coefficient (Wildman–Crippen LogP) is 1.92. The molecular weight excluding hydrogens is 325 g/mol. The first kappa shape index (κ1) is 18.1. The SMILES string of the molecule is Cc1ccc(OCC(=O)N2CCN(C(=O)C(F)(F)F)CC2)c(C)c1. The van der Waals surface area contributed by atoms with Crippen LogP contribution in [0.25, 0.3) is 0 Å². The van der Waals surface area contributed by atoms with Gasteiger partial charge in [-0.05, 0) is 25.5 Å². The number of amides is 2. The number of halogens is 3. The lowest BCUT2D eigenvalue weighted by atomic mass is 10.1. The number of nitrogens with zero attached hydrogens (tertiary/aromatic N) is 2. The van der Waals surface area contributed by atoms with Crippen molar-refractivity contribution in [3.63, 3.8) is 0 Å². The minimum absolute atomic E-state index is 0.0664. The molecule has 8 heteroatoms. The van der Waals surface area contributed by atoms with Gasteiger partial charge in [0.15, 0.2) is 6.61 Å². The first-order chi connectivity index (χ1) is 11.2. The molecule has 0 aliphatic carbocycles. The van der Waals surface area contributed by atoms with Crippen molar-refractivity contribution in [2.24, 2.45) is 0 Å². The van der Waals surface area contributed by atoms with Crippen molar-refractivity contribution in [2.75, 3.05) is 32.8 Å². The van der Waals surface area contributed by atoms with Gasteiger partial charge >= 0.3 is 12.1 Å². The number of benzene rings is 1. The lowest BCUT2D eigenvalue weighted by Gasteiger charge is -2.34. The molecule has 0 unspecified atom stereocenters. The van der Waals surface area contributed by atoms with Crippen LogP contribution in [0, 0.1) is 13.8 Å². The highest BCUT2D eigenvalue weighted by molar-refractivity contribution is 5.82. The fourth-order valence-electron chi connectivity index (χ4n) is 2.53. The molecule has 0 saturated carbocycles. The smallest absolute Gasteiger partial charge is 0.471 e. The number of rotatable bonds is 3. The van der Waals surface area contributed by atoms with Crippen LogP contribution in [0.3, 0.4) is 0 Å². The van der Waals surface area contributed by atoms with E-state index in [1.165, 1.54) is 4.90 Å². The maximum absolute atomic E-state index is 12.4. The van der Waals surface area contributed by atoms with Crippen molar-refractivity contribution in [3.8, 4) is 5.75 Å². The fraction of sp³-hybridized carbons (Fsp3) is 0.500. The van der Waals surface area contributed by atoms with E-state index in [1.54, 1.807) is 6.07 Å². The van der Waals surface area contributed by atoms with Gasteiger partial charge in [-0.1, -0.05) is 17.7 Å². The summed E-state index contributed by atoms with van der Waals surface area (Å²) in [6, 6.07) is 5.58. The molecular formula is C16H19F3N2O3. The summed E-state index contributed by atoms with van der Waals surface area (Å²) in [6.07, 6.45) is -4.88. The number of ether oxygens (including phenoxy) is 1. The largest absolute Gasteiger partial charge is 0.484 e. The molecule has 1 aliphatic heterocycles. The molecule has 1 aliphatic rings. The van der Waals surface area contributed by atoms with Crippen molar-refractivity contribution >= 4 is 11.8 Å². The molecule has 1 aromatic rings. The van der Waals surface area contributed by atoms with Crippen LogP contribution in [0.15, 0.2) is 18.2 Å². The Hall–Kier alpha value is -2.25. The van der Waals surface area contributed by atoms with Crippen LogP contribution in [-0.2, 0) is 9.59 Å². The summed E-state index contributed by atoms with van der Waals surface area (Å²) in [6.45, 7) is 3.50. The van der Waals surface area contributed by atoms with Crippen molar-refractivity contribution in [1.29, 1.82) is 0 Å². The minimum atomic E-state index is -4.88. The van der Waals surface area contributed by atoms with Gasteiger partial charge in [-0.25, -0.2) is 0 Å². The van der Waals surface area contributed by atoms with Crippen LogP contribution >= 0.6 is 0 Å². The van der Waals surface area contributed by atoms with Crippen LogP contribution in [0.1, 0.15) is 11.1 Å². The fourth-order valence-corrected chi connectivity index (χ4v) is 2.53. The van der Waals surface area contributed by atoms with Crippen molar-refractivity contribution in [1.82, 2.24) is 9.80 Å². The zero-order valence-electron chi connectivity index (χ0n) is 13.5. The molecule has 2 amide bonds. The molecule has 0 N–H and O–H groups in total. The minimum Gasteiger partial charge on any atom is -0.484 e. The third-order valence-corrected chi connectivity index (χ3v) is 3.84. The number of alkyl halides is 3. The van der Waals surface area contributed by atoms with Crippen LogP contribution in [0.4, 0.5) is 13.2 Å². The normalized spacial score (nSPS) is 15.4. The first-order valence-corrected chi connectivity index (χ1v) is 7.52. The number of carbonyl (C=O) groups is 2. The summed E-state index contributed by atoms with van der Waals surface area (Å²) in [7, 11) is 0. The third-order valence-electron chi connectivity index (χ3n) is 3.84. The maximum atomic E-state index is 12.4. The third kappa shape index (κ3) is 4.39.